The van der Waals surface area contributed by atoms with Crippen molar-refractivity contribution in [3.8, 4) is 0 Å². The average Bonchev–Trinajstić information content (AvgIpc) is 2.42. The van der Waals surface area contributed by atoms with E-state index >= 15 is 0 Å². The Morgan fingerprint density at radius 1 is 1.37 bits per heavy atom. The van der Waals surface area contributed by atoms with Gasteiger partial charge in [0.2, 0.25) is 0 Å². The van der Waals surface area contributed by atoms with Crippen molar-refractivity contribution in [2.45, 2.75) is 12.5 Å². The standard InChI is InChI=1S/C13H16BrN3O2/c1-13(6-18,7-19)17-11-3-2-10(15)9-4-8(14)5-16-12(9)11/h2-5,17-19H,6-7,15H2,1H3. The Kier molecular flexibility index (Phi) is 3.93. The summed E-state index contributed by atoms with van der Waals surface area (Å²) in [4.78, 5) is 4.34. The number of nitrogens with one attached hydrogen (secondary N) is 1. The third-order valence-electron chi connectivity index (χ3n) is 2.98. The molecule has 0 unspecified atom stereocenters. The highest BCUT2D eigenvalue weighted by Crippen LogP contribution is 2.30. The van der Waals surface area contributed by atoms with Crippen molar-refractivity contribution >= 4 is 38.2 Å². The van der Waals surface area contributed by atoms with Gasteiger partial charge in [0.1, 0.15) is 0 Å². The molecule has 0 saturated heterocycles. The van der Waals surface area contributed by atoms with Gasteiger partial charge in [-0.15, -0.1) is 0 Å². The predicted molar refractivity (Wildman–Crippen MR) is 80.1 cm³/mol. The number of halogens is 1. The lowest BCUT2D eigenvalue weighted by molar-refractivity contribution is 0.147. The van der Waals surface area contributed by atoms with Crippen LogP contribution in [-0.2, 0) is 0 Å². The Morgan fingerprint density at radius 3 is 2.68 bits per heavy atom. The van der Waals surface area contributed by atoms with Gasteiger partial charge in [0.15, 0.2) is 0 Å². The number of aliphatic hydroxyl groups is 2. The summed E-state index contributed by atoms with van der Waals surface area (Å²) < 4.78 is 0.843. The summed E-state index contributed by atoms with van der Waals surface area (Å²) in [5, 5.41) is 22.6. The molecule has 0 atom stereocenters. The molecule has 0 fully saturated rings. The first-order valence-corrected chi connectivity index (χ1v) is 6.62. The molecular formula is C13H16BrN3O2. The zero-order valence-electron chi connectivity index (χ0n) is 10.5. The van der Waals surface area contributed by atoms with Crippen LogP contribution in [0.2, 0.25) is 0 Å². The van der Waals surface area contributed by atoms with E-state index in [9.17, 15) is 10.2 Å². The van der Waals surface area contributed by atoms with Crippen LogP contribution in [0.1, 0.15) is 6.92 Å². The maximum atomic E-state index is 9.34. The van der Waals surface area contributed by atoms with Gasteiger partial charge < -0.3 is 21.3 Å². The summed E-state index contributed by atoms with van der Waals surface area (Å²) in [5.74, 6) is 0. The zero-order chi connectivity index (χ0) is 14.0. The summed E-state index contributed by atoms with van der Waals surface area (Å²) in [6, 6.07) is 5.45. The number of nitrogens with two attached hydrogens (primary N) is 1. The van der Waals surface area contributed by atoms with Crippen molar-refractivity contribution in [2.75, 3.05) is 24.3 Å². The van der Waals surface area contributed by atoms with Crippen molar-refractivity contribution in [2.24, 2.45) is 0 Å². The lowest BCUT2D eigenvalue weighted by Crippen LogP contribution is -2.42. The largest absolute Gasteiger partial charge is 0.398 e. The SMILES string of the molecule is CC(CO)(CO)Nc1ccc(N)c2cc(Br)cnc12. The number of rotatable bonds is 4. The van der Waals surface area contributed by atoms with Crippen LogP contribution in [0.3, 0.4) is 0 Å². The first-order valence-electron chi connectivity index (χ1n) is 5.83. The van der Waals surface area contributed by atoms with Crippen molar-refractivity contribution < 1.29 is 10.2 Å². The lowest BCUT2D eigenvalue weighted by atomic mass is 10.0. The van der Waals surface area contributed by atoms with E-state index in [2.05, 4.69) is 26.2 Å². The molecule has 102 valence electrons. The highest BCUT2D eigenvalue weighted by molar-refractivity contribution is 9.10. The maximum absolute atomic E-state index is 9.34. The molecule has 1 aromatic heterocycles. The third kappa shape index (κ3) is 2.80. The van der Waals surface area contributed by atoms with Crippen LogP contribution < -0.4 is 11.1 Å². The first-order chi connectivity index (χ1) is 8.99. The zero-order valence-corrected chi connectivity index (χ0v) is 12.1. The predicted octanol–water partition coefficient (Wildman–Crippen LogP) is 1.73. The van der Waals surface area contributed by atoms with Crippen LogP contribution in [0.5, 0.6) is 0 Å². The van der Waals surface area contributed by atoms with E-state index in [4.69, 9.17) is 5.73 Å². The molecule has 0 aliphatic heterocycles. The van der Waals surface area contributed by atoms with Gasteiger partial charge in [-0.1, -0.05) is 0 Å². The average molecular weight is 326 g/mol. The number of aliphatic hydroxyl groups excluding tert-OH is 2. The van der Waals surface area contributed by atoms with Crippen molar-refractivity contribution in [3.63, 3.8) is 0 Å². The van der Waals surface area contributed by atoms with Gasteiger partial charge >= 0.3 is 0 Å². The molecule has 2 aromatic rings. The summed E-state index contributed by atoms with van der Waals surface area (Å²) in [7, 11) is 0. The molecule has 0 saturated carbocycles. The van der Waals surface area contributed by atoms with Crippen molar-refractivity contribution in [1.82, 2.24) is 4.98 Å². The molecule has 1 aromatic carbocycles. The topological polar surface area (TPSA) is 91.4 Å². The summed E-state index contributed by atoms with van der Waals surface area (Å²) in [6.07, 6.45) is 1.68. The second-order valence-corrected chi connectivity index (χ2v) is 5.67. The number of pyridine rings is 1. The smallest absolute Gasteiger partial charge is 0.0954 e. The molecule has 0 aliphatic carbocycles. The number of hydrogen-bond donors (Lipinski definition) is 4. The van der Waals surface area contributed by atoms with E-state index in [1.54, 1.807) is 25.3 Å². The summed E-state index contributed by atoms with van der Waals surface area (Å²) >= 11 is 3.36. The van der Waals surface area contributed by atoms with Gasteiger partial charge in [-0.05, 0) is 41.1 Å². The quantitative estimate of drug-likeness (QED) is 0.643. The van der Waals surface area contributed by atoms with Crippen molar-refractivity contribution in [3.05, 3.63) is 28.9 Å². The fraction of sp³-hybridized carbons (Fsp3) is 0.308. The van der Waals surface area contributed by atoms with Crippen LogP contribution in [0.25, 0.3) is 10.9 Å². The summed E-state index contributed by atoms with van der Waals surface area (Å²) in [6.45, 7) is 1.35. The van der Waals surface area contributed by atoms with Gasteiger partial charge in [-0.2, -0.15) is 0 Å². The first kappa shape index (κ1) is 14.0. The highest BCUT2D eigenvalue weighted by atomic mass is 79.9. The van der Waals surface area contributed by atoms with Gasteiger partial charge in [0.25, 0.3) is 0 Å². The molecule has 0 radical (unpaired) electrons. The number of nitrogens with zero attached hydrogens (tertiary/aromatic N) is 1. The lowest BCUT2D eigenvalue weighted by Gasteiger charge is -2.28. The number of anilines is 2. The van der Waals surface area contributed by atoms with Crippen LogP contribution in [-0.4, -0.2) is 33.9 Å². The fourth-order valence-corrected chi connectivity index (χ4v) is 2.10. The minimum absolute atomic E-state index is 0.189. The monoisotopic (exact) mass is 325 g/mol. The van der Waals surface area contributed by atoms with Crippen LogP contribution in [0.4, 0.5) is 11.4 Å². The molecule has 5 nitrogen and oxygen atoms in total. The van der Waals surface area contributed by atoms with E-state index in [1.807, 2.05) is 6.07 Å². The number of nitrogen functional groups attached to an aromatic ring is 1. The van der Waals surface area contributed by atoms with Crippen molar-refractivity contribution in [1.29, 1.82) is 0 Å². The second kappa shape index (κ2) is 5.32. The van der Waals surface area contributed by atoms with E-state index < -0.39 is 5.54 Å². The number of benzene rings is 1. The Bertz CT molecular complexity index is 600. The normalized spacial score (nSPS) is 11.8. The minimum Gasteiger partial charge on any atom is -0.398 e. The Labute approximate surface area is 119 Å². The Balaban J connectivity index is 2.53. The molecule has 0 aliphatic rings. The molecule has 2 rings (SSSR count). The molecular weight excluding hydrogens is 310 g/mol. The minimum atomic E-state index is -0.808. The molecule has 0 spiro atoms. The van der Waals surface area contributed by atoms with E-state index in [0.29, 0.717) is 11.2 Å². The third-order valence-corrected chi connectivity index (χ3v) is 3.42. The van der Waals surface area contributed by atoms with Crippen LogP contribution in [0, 0.1) is 0 Å². The highest BCUT2D eigenvalue weighted by Gasteiger charge is 2.23. The van der Waals surface area contributed by atoms with E-state index in [1.165, 1.54) is 0 Å². The molecule has 6 heteroatoms. The van der Waals surface area contributed by atoms with Gasteiger partial charge in [-0.3, -0.25) is 4.98 Å². The van der Waals surface area contributed by atoms with Gasteiger partial charge in [0.05, 0.1) is 30.0 Å². The Morgan fingerprint density at radius 2 is 2.05 bits per heavy atom. The molecule has 5 N–H and O–H groups in total. The fourth-order valence-electron chi connectivity index (χ4n) is 1.77. The number of aromatic nitrogens is 1. The van der Waals surface area contributed by atoms with Crippen LogP contribution >= 0.6 is 15.9 Å². The number of fused-ring (bicyclic) bond motifs is 1. The summed E-state index contributed by atoms with van der Waals surface area (Å²) in [5.41, 5.74) is 7.19. The van der Waals surface area contributed by atoms with E-state index in [-0.39, 0.29) is 13.2 Å². The maximum Gasteiger partial charge on any atom is 0.0954 e. The van der Waals surface area contributed by atoms with Crippen LogP contribution in [0.15, 0.2) is 28.9 Å². The van der Waals surface area contributed by atoms with Gasteiger partial charge in [-0.25, -0.2) is 0 Å². The molecule has 0 bridgehead atoms. The Hall–Kier alpha value is -1.37. The molecule has 19 heavy (non-hydrogen) atoms. The van der Waals surface area contributed by atoms with Gasteiger partial charge in [0, 0.05) is 21.7 Å². The number of hydrogen-bond acceptors (Lipinski definition) is 5. The van der Waals surface area contributed by atoms with E-state index in [0.717, 1.165) is 15.5 Å². The molecule has 1 heterocycles. The molecule has 0 amide bonds. The second-order valence-electron chi connectivity index (χ2n) is 4.75.